The van der Waals surface area contributed by atoms with Crippen LogP contribution in [0.15, 0.2) is 0 Å². The number of rotatable bonds is 11. The van der Waals surface area contributed by atoms with Crippen molar-refractivity contribution >= 4 is 8.80 Å². The molecule has 0 radical (unpaired) electrons. The zero-order chi connectivity index (χ0) is 12.9. The van der Waals surface area contributed by atoms with E-state index in [-0.39, 0.29) is 0 Å². The van der Waals surface area contributed by atoms with E-state index in [0.717, 1.165) is 18.8 Å². The fourth-order valence-electron chi connectivity index (χ4n) is 2.53. The van der Waals surface area contributed by atoms with E-state index in [1.54, 1.807) is 0 Å². The van der Waals surface area contributed by atoms with Crippen LogP contribution in [0.25, 0.3) is 0 Å². The number of hydrogen-bond acceptors (Lipinski definition) is 1. The highest BCUT2D eigenvalue weighted by molar-refractivity contribution is 6.55. The van der Waals surface area contributed by atoms with Crippen LogP contribution in [-0.2, 0) is 0 Å². The zero-order valence-electron chi connectivity index (χ0n) is 12.2. The Labute approximate surface area is 110 Å². The first-order chi connectivity index (χ1) is 8.20. The predicted molar refractivity (Wildman–Crippen MR) is 80.0 cm³/mol. The van der Waals surface area contributed by atoms with Gasteiger partial charge in [-0.1, -0.05) is 71.0 Å². The predicted octanol–water partition coefficient (Wildman–Crippen LogP) is 5.14. The lowest BCUT2D eigenvalue weighted by atomic mass is 9.97. The molecule has 100 valence electrons. The van der Waals surface area contributed by atoms with Crippen LogP contribution in [0.2, 0.25) is 19.1 Å². The highest BCUT2D eigenvalue weighted by Gasteiger charge is 2.10. The van der Waals surface area contributed by atoms with Crippen LogP contribution in [0, 0.1) is 17.2 Å². The van der Waals surface area contributed by atoms with E-state index in [9.17, 15) is 0 Å². The van der Waals surface area contributed by atoms with Crippen LogP contribution in [-0.4, -0.2) is 8.80 Å². The maximum absolute atomic E-state index is 8.68. The van der Waals surface area contributed by atoms with Gasteiger partial charge in [0.25, 0.3) is 0 Å². The fourth-order valence-corrected chi connectivity index (χ4v) is 4.33. The molecule has 0 spiro atoms. The molecule has 0 N–H and O–H groups in total. The van der Waals surface area contributed by atoms with Gasteiger partial charge in [-0.2, -0.15) is 5.26 Å². The summed E-state index contributed by atoms with van der Waals surface area (Å²) in [4.78, 5) is 0. The Morgan fingerprint density at radius 3 is 2.24 bits per heavy atom. The Morgan fingerprint density at radius 2 is 1.65 bits per heavy atom. The lowest BCUT2D eigenvalue weighted by Crippen LogP contribution is -2.10. The van der Waals surface area contributed by atoms with Crippen molar-refractivity contribution in [2.24, 2.45) is 5.92 Å². The third-order valence-corrected chi connectivity index (χ3v) is 5.04. The normalized spacial score (nSPS) is 12.6. The second kappa shape index (κ2) is 12.2. The Bertz CT molecular complexity index is 196. The summed E-state index contributed by atoms with van der Waals surface area (Å²) in [6, 6.07) is 3.75. The van der Waals surface area contributed by atoms with Crippen LogP contribution in [0.1, 0.15) is 64.7 Å². The van der Waals surface area contributed by atoms with Gasteiger partial charge in [-0.15, -0.1) is 0 Å². The van der Waals surface area contributed by atoms with Crippen LogP contribution < -0.4 is 0 Å². The zero-order valence-corrected chi connectivity index (χ0v) is 13.3. The summed E-state index contributed by atoms with van der Waals surface area (Å²) in [6.07, 6.45) is 11.7. The maximum atomic E-state index is 8.68. The highest BCUT2D eigenvalue weighted by Crippen LogP contribution is 2.22. The van der Waals surface area contributed by atoms with Gasteiger partial charge < -0.3 is 0 Å². The topological polar surface area (TPSA) is 23.8 Å². The van der Waals surface area contributed by atoms with Gasteiger partial charge in [-0.3, -0.25) is 0 Å². The molecule has 0 heterocycles. The quantitative estimate of drug-likeness (QED) is 0.369. The van der Waals surface area contributed by atoms with Crippen molar-refractivity contribution in [2.45, 2.75) is 83.8 Å². The molecule has 1 unspecified atom stereocenters. The van der Waals surface area contributed by atoms with E-state index in [1.807, 2.05) is 0 Å². The minimum Gasteiger partial charge on any atom is -0.198 e. The molecular weight excluding hydrogens is 222 g/mol. The molecule has 0 amide bonds. The Kier molecular flexibility index (Phi) is 12.0. The number of nitriles is 1. The van der Waals surface area contributed by atoms with Crippen molar-refractivity contribution in [1.29, 1.82) is 5.26 Å². The number of unbranched alkanes of at least 4 members (excludes halogenated alkanes) is 5. The van der Waals surface area contributed by atoms with Crippen molar-refractivity contribution in [3.63, 3.8) is 0 Å². The van der Waals surface area contributed by atoms with Crippen molar-refractivity contribution < 1.29 is 0 Å². The largest absolute Gasteiger partial charge is 0.198 e. The van der Waals surface area contributed by atoms with Crippen molar-refractivity contribution in [3.05, 3.63) is 0 Å². The van der Waals surface area contributed by atoms with Crippen LogP contribution in [0.4, 0.5) is 0 Å². The van der Waals surface area contributed by atoms with E-state index in [4.69, 9.17) is 5.26 Å². The van der Waals surface area contributed by atoms with E-state index >= 15 is 0 Å². The summed E-state index contributed by atoms with van der Waals surface area (Å²) < 4.78 is 0. The molecule has 17 heavy (non-hydrogen) atoms. The first-order valence-corrected chi connectivity index (χ1v) is 10.7. The highest BCUT2D eigenvalue weighted by atomic mass is 28.3. The molecule has 0 saturated heterocycles. The Morgan fingerprint density at radius 1 is 1.00 bits per heavy atom. The smallest absolute Gasteiger partial charge is 0.0621 e. The van der Waals surface area contributed by atoms with E-state index < -0.39 is 8.80 Å². The summed E-state index contributed by atoms with van der Waals surface area (Å²) >= 11 is 0. The first kappa shape index (κ1) is 16.7. The summed E-state index contributed by atoms with van der Waals surface area (Å²) in [5.41, 5.74) is 0. The molecule has 2 heteroatoms. The summed E-state index contributed by atoms with van der Waals surface area (Å²) in [6.45, 7) is 7.13. The third kappa shape index (κ3) is 12.0. The van der Waals surface area contributed by atoms with Gasteiger partial charge >= 0.3 is 0 Å². The standard InChI is InChI=1S/C15H31NSi/c1-4-5-6-7-8-9-11-15(12-10-13-16)14-17(2)3/h15,17H,4-12,14H2,1-3H3. The minimum absolute atomic E-state index is 0.450. The average molecular weight is 254 g/mol. The molecule has 0 aromatic heterocycles. The molecule has 0 aliphatic rings. The molecule has 1 atom stereocenters. The molecule has 0 saturated carbocycles. The molecule has 0 bridgehead atoms. The van der Waals surface area contributed by atoms with Gasteiger partial charge in [0.05, 0.1) is 6.07 Å². The lowest BCUT2D eigenvalue weighted by molar-refractivity contribution is 0.458. The second-order valence-corrected chi connectivity index (χ2v) is 9.01. The molecule has 1 nitrogen and oxygen atoms in total. The second-order valence-electron chi connectivity index (χ2n) is 5.75. The maximum Gasteiger partial charge on any atom is 0.0621 e. The molecule has 0 aliphatic heterocycles. The molecule has 0 rings (SSSR count). The molecule has 0 aliphatic carbocycles. The van der Waals surface area contributed by atoms with Crippen molar-refractivity contribution in [2.75, 3.05) is 0 Å². The van der Waals surface area contributed by atoms with Gasteiger partial charge in [0.1, 0.15) is 0 Å². The minimum atomic E-state index is -0.450. The van der Waals surface area contributed by atoms with Crippen LogP contribution in [0.5, 0.6) is 0 Å². The first-order valence-electron chi connectivity index (χ1n) is 7.57. The van der Waals surface area contributed by atoms with E-state index in [2.05, 4.69) is 26.1 Å². The summed E-state index contributed by atoms with van der Waals surface area (Å²) in [5, 5.41) is 8.68. The van der Waals surface area contributed by atoms with Gasteiger partial charge in [-0.05, 0) is 12.3 Å². The van der Waals surface area contributed by atoms with Crippen molar-refractivity contribution in [3.8, 4) is 6.07 Å². The van der Waals surface area contributed by atoms with Gasteiger partial charge in [0, 0.05) is 15.2 Å². The van der Waals surface area contributed by atoms with E-state index in [1.165, 1.54) is 51.0 Å². The van der Waals surface area contributed by atoms with Gasteiger partial charge in [0.2, 0.25) is 0 Å². The Hall–Kier alpha value is -0.293. The SMILES string of the molecule is CCCCCCCCC(CCC#N)C[SiH](C)C. The molecule has 0 aromatic carbocycles. The van der Waals surface area contributed by atoms with Gasteiger partial charge in [-0.25, -0.2) is 0 Å². The monoisotopic (exact) mass is 253 g/mol. The lowest BCUT2D eigenvalue weighted by Gasteiger charge is -2.17. The van der Waals surface area contributed by atoms with Gasteiger partial charge in [0.15, 0.2) is 0 Å². The van der Waals surface area contributed by atoms with Crippen molar-refractivity contribution in [1.82, 2.24) is 0 Å². The third-order valence-electron chi connectivity index (χ3n) is 3.44. The van der Waals surface area contributed by atoms with Crippen LogP contribution in [0.3, 0.4) is 0 Å². The average Bonchev–Trinajstić information content (AvgIpc) is 2.29. The fraction of sp³-hybridized carbons (Fsp3) is 0.933. The molecule has 0 aromatic rings. The number of hydrogen-bond donors (Lipinski definition) is 0. The Balaban J connectivity index is 3.57. The van der Waals surface area contributed by atoms with Crippen LogP contribution >= 0.6 is 0 Å². The summed E-state index contributed by atoms with van der Waals surface area (Å²) in [7, 11) is -0.450. The molecule has 0 fully saturated rings. The summed E-state index contributed by atoms with van der Waals surface area (Å²) in [5.74, 6) is 0.854. The molecular formula is C15H31NSi. The number of nitrogens with zero attached hydrogens (tertiary/aromatic N) is 1. The van der Waals surface area contributed by atoms with E-state index in [0.29, 0.717) is 0 Å².